The van der Waals surface area contributed by atoms with Gasteiger partial charge in [-0.15, -0.1) is 0 Å². The van der Waals surface area contributed by atoms with Gasteiger partial charge >= 0.3 is 0 Å². The van der Waals surface area contributed by atoms with Crippen LogP contribution in [0.5, 0.6) is 0 Å². The summed E-state index contributed by atoms with van der Waals surface area (Å²) >= 11 is 3.26. The first-order valence-corrected chi connectivity index (χ1v) is 4.86. The Hall–Kier alpha value is -0.810. The molecule has 2 unspecified atom stereocenters. The third-order valence-corrected chi connectivity index (χ3v) is 2.51. The van der Waals surface area contributed by atoms with Crippen LogP contribution in [0.2, 0.25) is 0 Å². The summed E-state index contributed by atoms with van der Waals surface area (Å²) in [5, 5.41) is 2.82. The maximum atomic E-state index is 11.4. The van der Waals surface area contributed by atoms with E-state index in [1.807, 2.05) is 0 Å². The molecule has 0 saturated heterocycles. The normalized spacial score (nSPS) is 25.7. The Morgan fingerprint density at radius 1 is 1.77 bits per heavy atom. The summed E-state index contributed by atoms with van der Waals surface area (Å²) in [5.74, 6) is -0.0938. The number of carbonyl (C=O) groups excluding carboxylic acids is 1. The summed E-state index contributed by atoms with van der Waals surface area (Å²) in [7, 11) is 0. The summed E-state index contributed by atoms with van der Waals surface area (Å²) in [4.78, 5) is 14.3. The van der Waals surface area contributed by atoms with E-state index in [1.165, 1.54) is 0 Å². The lowest BCUT2D eigenvalue weighted by atomic mass is 10.4. The van der Waals surface area contributed by atoms with Crippen LogP contribution in [0.25, 0.3) is 0 Å². The second-order valence-corrected chi connectivity index (χ2v) is 4.13. The van der Waals surface area contributed by atoms with Crippen LogP contribution in [0.4, 0.5) is 0 Å². The molecule has 0 radical (unpaired) electrons. The highest BCUT2D eigenvalue weighted by Gasteiger charge is 2.35. The zero-order valence-electron chi connectivity index (χ0n) is 6.88. The Morgan fingerprint density at radius 2 is 2.46 bits per heavy atom. The number of hydrogen-bond donors (Lipinski definition) is 3. The predicted molar refractivity (Wildman–Crippen MR) is 52.3 cm³/mol. The first-order valence-electron chi connectivity index (χ1n) is 4.07. The van der Waals surface area contributed by atoms with Gasteiger partial charge in [0.05, 0.1) is 0 Å². The van der Waals surface area contributed by atoms with Gasteiger partial charge in [-0.2, -0.15) is 0 Å². The molecule has 0 aliphatic heterocycles. The Labute approximate surface area is 84.0 Å². The van der Waals surface area contributed by atoms with Crippen LogP contribution >= 0.6 is 15.9 Å². The van der Waals surface area contributed by atoms with Crippen LogP contribution in [-0.2, 0) is 0 Å². The van der Waals surface area contributed by atoms with Gasteiger partial charge in [0.1, 0.15) is 5.69 Å². The van der Waals surface area contributed by atoms with Crippen molar-refractivity contribution in [1.82, 2.24) is 10.3 Å². The number of amides is 1. The topological polar surface area (TPSA) is 70.9 Å². The average Bonchev–Trinajstić information content (AvgIpc) is 2.62. The molecule has 1 aromatic rings. The van der Waals surface area contributed by atoms with Gasteiger partial charge in [0.2, 0.25) is 0 Å². The summed E-state index contributed by atoms with van der Waals surface area (Å²) in [5.41, 5.74) is 6.12. The minimum atomic E-state index is -0.0938. The van der Waals surface area contributed by atoms with Gasteiger partial charge in [0.25, 0.3) is 5.91 Å². The Bertz CT molecular complexity index is 336. The van der Waals surface area contributed by atoms with E-state index in [9.17, 15) is 4.79 Å². The fourth-order valence-electron chi connectivity index (χ4n) is 1.13. The van der Waals surface area contributed by atoms with E-state index in [0.717, 1.165) is 10.9 Å². The van der Waals surface area contributed by atoms with Crippen molar-refractivity contribution in [2.45, 2.75) is 18.5 Å². The van der Waals surface area contributed by atoms with Crippen molar-refractivity contribution in [3.63, 3.8) is 0 Å². The van der Waals surface area contributed by atoms with Crippen LogP contribution < -0.4 is 11.1 Å². The second-order valence-electron chi connectivity index (χ2n) is 3.21. The van der Waals surface area contributed by atoms with Crippen molar-refractivity contribution >= 4 is 21.8 Å². The molecule has 4 nitrogen and oxygen atoms in total. The molecule has 4 N–H and O–H groups in total. The minimum Gasteiger partial charge on any atom is -0.356 e. The summed E-state index contributed by atoms with van der Waals surface area (Å²) in [6, 6.07) is 2.04. The monoisotopic (exact) mass is 243 g/mol. The smallest absolute Gasteiger partial charge is 0.268 e. The lowest BCUT2D eigenvalue weighted by molar-refractivity contribution is 0.0946. The van der Waals surface area contributed by atoms with Crippen LogP contribution in [-0.4, -0.2) is 23.0 Å². The molecule has 1 saturated carbocycles. The molecule has 0 aromatic carbocycles. The van der Waals surface area contributed by atoms with E-state index in [1.54, 1.807) is 12.3 Å². The molecular formula is C8H10BrN3O. The van der Waals surface area contributed by atoms with Gasteiger partial charge in [0.15, 0.2) is 0 Å². The first-order chi connectivity index (χ1) is 6.16. The lowest BCUT2D eigenvalue weighted by Crippen LogP contribution is -2.29. The molecule has 1 heterocycles. The van der Waals surface area contributed by atoms with E-state index in [-0.39, 0.29) is 18.0 Å². The maximum absolute atomic E-state index is 11.4. The largest absolute Gasteiger partial charge is 0.356 e. The maximum Gasteiger partial charge on any atom is 0.268 e. The minimum absolute atomic E-state index is 0.0938. The van der Waals surface area contributed by atoms with Crippen molar-refractivity contribution < 1.29 is 4.79 Å². The van der Waals surface area contributed by atoms with E-state index in [2.05, 4.69) is 26.2 Å². The second kappa shape index (κ2) is 3.16. The van der Waals surface area contributed by atoms with E-state index >= 15 is 0 Å². The molecule has 0 bridgehead atoms. The molecule has 5 heteroatoms. The van der Waals surface area contributed by atoms with Crippen LogP contribution in [0.15, 0.2) is 16.7 Å². The van der Waals surface area contributed by atoms with Crippen molar-refractivity contribution in [2.75, 3.05) is 0 Å². The van der Waals surface area contributed by atoms with Gasteiger partial charge in [-0.1, -0.05) is 0 Å². The van der Waals surface area contributed by atoms with Gasteiger partial charge in [0, 0.05) is 22.8 Å². The molecule has 1 aromatic heterocycles. The van der Waals surface area contributed by atoms with Crippen LogP contribution in [0.1, 0.15) is 16.9 Å². The number of rotatable bonds is 2. The number of aromatic amines is 1. The number of carbonyl (C=O) groups is 1. The quantitative estimate of drug-likeness (QED) is 0.713. The summed E-state index contributed by atoms with van der Waals surface area (Å²) in [6.45, 7) is 0. The third kappa shape index (κ3) is 1.92. The average molecular weight is 244 g/mol. The van der Waals surface area contributed by atoms with E-state index in [4.69, 9.17) is 5.73 Å². The molecule has 1 aliphatic carbocycles. The van der Waals surface area contributed by atoms with Crippen molar-refractivity contribution in [3.05, 3.63) is 22.4 Å². The molecule has 2 atom stereocenters. The molecular weight excluding hydrogens is 234 g/mol. The van der Waals surface area contributed by atoms with Crippen molar-refractivity contribution in [1.29, 1.82) is 0 Å². The molecule has 1 aliphatic rings. The zero-order valence-corrected chi connectivity index (χ0v) is 8.47. The van der Waals surface area contributed by atoms with Crippen molar-refractivity contribution in [3.8, 4) is 0 Å². The Morgan fingerprint density at radius 3 is 2.92 bits per heavy atom. The predicted octanol–water partition coefficient (Wildman–Crippen LogP) is 0.607. The number of H-pyrrole nitrogens is 1. The fourth-order valence-corrected chi connectivity index (χ4v) is 1.47. The number of nitrogens with one attached hydrogen (secondary N) is 2. The molecule has 0 spiro atoms. The summed E-state index contributed by atoms with van der Waals surface area (Å²) < 4.78 is 0.873. The number of aromatic nitrogens is 1. The molecule has 1 fully saturated rings. The summed E-state index contributed by atoms with van der Waals surface area (Å²) in [6.07, 6.45) is 2.61. The van der Waals surface area contributed by atoms with Crippen molar-refractivity contribution in [2.24, 2.45) is 5.73 Å². The highest BCUT2D eigenvalue weighted by molar-refractivity contribution is 9.10. The van der Waals surface area contributed by atoms with Gasteiger partial charge in [-0.05, 0) is 28.4 Å². The highest BCUT2D eigenvalue weighted by atomic mass is 79.9. The lowest BCUT2D eigenvalue weighted by Gasteiger charge is -1.99. The van der Waals surface area contributed by atoms with E-state index in [0.29, 0.717) is 5.69 Å². The fraction of sp³-hybridized carbons (Fsp3) is 0.375. The molecule has 1 amide bonds. The number of nitrogens with two attached hydrogens (primary N) is 1. The third-order valence-electron chi connectivity index (χ3n) is 2.05. The molecule has 13 heavy (non-hydrogen) atoms. The number of halogens is 1. The van der Waals surface area contributed by atoms with E-state index < -0.39 is 0 Å². The Kier molecular flexibility index (Phi) is 2.13. The molecule has 70 valence electrons. The first kappa shape index (κ1) is 8.77. The van der Waals surface area contributed by atoms with Gasteiger partial charge in [-0.3, -0.25) is 4.79 Å². The van der Waals surface area contributed by atoms with Crippen LogP contribution in [0.3, 0.4) is 0 Å². The highest BCUT2D eigenvalue weighted by Crippen LogP contribution is 2.18. The zero-order chi connectivity index (χ0) is 9.42. The molecule has 2 rings (SSSR count). The Balaban J connectivity index is 1.97. The van der Waals surface area contributed by atoms with Gasteiger partial charge < -0.3 is 16.0 Å². The SMILES string of the molecule is NC1CC1NC(=O)c1cc(Br)c[nH]1. The van der Waals surface area contributed by atoms with Gasteiger partial charge in [-0.25, -0.2) is 0 Å². The standard InChI is InChI=1S/C8H10BrN3O/c9-4-1-7(11-3-4)8(13)12-6-2-5(6)10/h1,3,5-6,11H,2,10H2,(H,12,13). The van der Waals surface area contributed by atoms with Crippen LogP contribution in [0, 0.1) is 0 Å². The number of hydrogen-bond acceptors (Lipinski definition) is 2.